The number of rotatable bonds is 5. The molecule has 0 spiro atoms. The molecule has 0 radical (unpaired) electrons. The van der Waals surface area contributed by atoms with Crippen LogP contribution >= 0.6 is 0 Å². The van der Waals surface area contributed by atoms with Crippen molar-refractivity contribution in [1.82, 2.24) is 5.32 Å². The minimum atomic E-state index is -0.279. The third kappa shape index (κ3) is 4.85. The van der Waals surface area contributed by atoms with Crippen LogP contribution in [-0.2, 0) is 4.79 Å². The summed E-state index contributed by atoms with van der Waals surface area (Å²) in [5, 5.41) is 5.26. The molecule has 0 aliphatic rings. The predicted octanol–water partition coefficient (Wildman–Crippen LogP) is 2.68. The molecule has 0 heterocycles. The van der Waals surface area contributed by atoms with Crippen LogP contribution in [0.3, 0.4) is 0 Å². The van der Waals surface area contributed by atoms with Gasteiger partial charge in [0.2, 0.25) is 0 Å². The van der Waals surface area contributed by atoms with E-state index in [-0.39, 0.29) is 18.4 Å². The van der Waals surface area contributed by atoms with E-state index in [2.05, 4.69) is 10.6 Å². The van der Waals surface area contributed by atoms with E-state index in [9.17, 15) is 9.59 Å². The van der Waals surface area contributed by atoms with E-state index >= 15 is 0 Å². The highest BCUT2D eigenvalue weighted by Gasteiger charge is 2.07. The van der Waals surface area contributed by atoms with Gasteiger partial charge in [-0.2, -0.15) is 0 Å². The number of carbonyl (C=O) groups excluding carboxylic acids is 2. The molecule has 5 heteroatoms. The van der Waals surface area contributed by atoms with E-state index in [1.165, 1.54) is 0 Å². The molecule has 0 aromatic heterocycles. The van der Waals surface area contributed by atoms with Crippen molar-refractivity contribution in [1.29, 1.82) is 0 Å². The molecule has 0 unspecified atom stereocenters. The first kappa shape index (κ1) is 16.5. The maximum absolute atomic E-state index is 12.0. The Morgan fingerprint density at radius 2 is 1.74 bits per heavy atom. The van der Waals surface area contributed by atoms with Crippen LogP contribution in [0.4, 0.5) is 5.69 Å². The second-order valence-electron chi connectivity index (χ2n) is 5.32. The van der Waals surface area contributed by atoms with Crippen molar-refractivity contribution in [2.75, 3.05) is 19.0 Å². The lowest BCUT2D eigenvalue weighted by Crippen LogP contribution is -2.21. The van der Waals surface area contributed by atoms with Gasteiger partial charge in [0.1, 0.15) is 5.75 Å². The molecule has 2 N–H and O–H groups in total. The van der Waals surface area contributed by atoms with Gasteiger partial charge in [-0.25, -0.2) is 0 Å². The third-order valence-electron chi connectivity index (χ3n) is 3.20. The topological polar surface area (TPSA) is 67.4 Å². The van der Waals surface area contributed by atoms with Crippen molar-refractivity contribution < 1.29 is 14.3 Å². The van der Waals surface area contributed by atoms with Crippen molar-refractivity contribution in [2.24, 2.45) is 0 Å². The van der Waals surface area contributed by atoms with Crippen molar-refractivity contribution in [3.05, 3.63) is 59.2 Å². The Balaban J connectivity index is 1.96. The van der Waals surface area contributed by atoms with Gasteiger partial charge in [0.05, 0.1) is 0 Å². The van der Waals surface area contributed by atoms with Crippen LogP contribution in [0.1, 0.15) is 21.5 Å². The fourth-order valence-electron chi connectivity index (χ4n) is 2.24. The minimum Gasteiger partial charge on any atom is -0.484 e. The fraction of sp³-hybridized carbons (Fsp3) is 0.222. The first-order valence-corrected chi connectivity index (χ1v) is 7.31. The van der Waals surface area contributed by atoms with Gasteiger partial charge in [0.15, 0.2) is 6.61 Å². The zero-order valence-electron chi connectivity index (χ0n) is 13.5. The number of ether oxygens (including phenoxy) is 1. The SMILES string of the molecule is CNC(=O)c1cccc(NC(=O)COc2cc(C)cc(C)c2)c1. The standard InChI is InChI=1S/C18H20N2O3/c1-12-7-13(2)9-16(8-12)23-11-17(21)20-15-6-4-5-14(10-15)18(22)19-3/h4-10H,11H2,1-3H3,(H,19,22)(H,20,21). The normalized spacial score (nSPS) is 10.0. The van der Waals surface area contributed by atoms with Gasteiger partial charge in [-0.1, -0.05) is 12.1 Å². The maximum atomic E-state index is 12.0. The number of nitrogens with one attached hydrogen (secondary N) is 2. The molecule has 5 nitrogen and oxygen atoms in total. The first-order valence-electron chi connectivity index (χ1n) is 7.31. The second kappa shape index (κ2) is 7.45. The first-order chi connectivity index (χ1) is 11.0. The number of hydrogen-bond donors (Lipinski definition) is 2. The highest BCUT2D eigenvalue weighted by Crippen LogP contribution is 2.16. The van der Waals surface area contributed by atoms with Gasteiger partial charge >= 0.3 is 0 Å². The molecule has 23 heavy (non-hydrogen) atoms. The molecule has 120 valence electrons. The quantitative estimate of drug-likeness (QED) is 0.892. The van der Waals surface area contributed by atoms with Crippen LogP contribution in [0.25, 0.3) is 0 Å². The number of hydrogen-bond acceptors (Lipinski definition) is 3. The van der Waals surface area contributed by atoms with Gasteiger partial charge in [-0.15, -0.1) is 0 Å². The van der Waals surface area contributed by atoms with Gasteiger partial charge < -0.3 is 15.4 Å². The van der Waals surface area contributed by atoms with E-state index in [4.69, 9.17) is 4.74 Å². The molecule has 2 aromatic carbocycles. The molecule has 0 bridgehead atoms. The van der Waals surface area contributed by atoms with Crippen molar-refractivity contribution >= 4 is 17.5 Å². The molecule has 0 saturated carbocycles. The molecule has 0 atom stereocenters. The Morgan fingerprint density at radius 3 is 2.39 bits per heavy atom. The monoisotopic (exact) mass is 312 g/mol. The van der Waals surface area contributed by atoms with E-state index < -0.39 is 0 Å². The molecule has 2 amide bonds. The van der Waals surface area contributed by atoms with Crippen LogP contribution in [0, 0.1) is 13.8 Å². The van der Waals surface area contributed by atoms with Crippen molar-refractivity contribution in [3.8, 4) is 5.75 Å². The summed E-state index contributed by atoms with van der Waals surface area (Å²) in [5.41, 5.74) is 3.21. The largest absolute Gasteiger partial charge is 0.484 e. The highest BCUT2D eigenvalue weighted by atomic mass is 16.5. The molecular formula is C18H20N2O3. The van der Waals surface area contributed by atoms with Crippen LogP contribution in [0.15, 0.2) is 42.5 Å². The van der Waals surface area contributed by atoms with Crippen LogP contribution in [0.5, 0.6) is 5.75 Å². The number of anilines is 1. The van der Waals surface area contributed by atoms with Crippen LogP contribution in [-0.4, -0.2) is 25.5 Å². The molecular weight excluding hydrogens is 292 g/mol. The molecule has 0 aliphatic heterocycles. The van der Waals surface area contributed by atoms with Gasteiger partial charge in [-0.05, 0) is 55.3 Å². The van der Waals surface area contributed by atoms with Crippen LogP contribution in [0.2, 0.25) is 0 Å². The van der Waals surface area contributed by atoms with Crippen molar-refractivity contribution in [3.63, 3.8) is 0 Å². The van der Waals surface area contributed by atoms with E-state index in [1.54, 1.807) is 31.3 Å². The Hall–Kier alpha value is -2.82. The number of aryl methyl sites for hydroxylation is 2. The highest BCUT2D eigenvalue weighted by molar-refractivity contribution is 5.97. The van der Waals surface area contributed by atoms with E-state index in [0.717, 1.165) is 11.1 Å². The summed E-state index contributed by atoms with van der Waals surface area (Å²) < 4.78 is 5.51. The van der Waals surface area contributed by atoms with Crippen LogP contribution < -0.4 is 15.4 Å². The summed E-state index contributed by atoms with van der Waals surface area (Å²) in [6.45, 7) is 3.86. The second-order valence-corrected chi connectivity index (χ2v) is 5.32. The summed E-state index contributed by atoms with van der Waals surface area (Å²) >= 11 is 0. The Labute approximate surface area is 135 Å². The van der Waals surface area contributed by atoms with Gasteiger partial charge in [-0.3, -0.25) is 9.59 Å². The predicted molar refractivity (Wildman–Crippen MR) is 89.9 cm³/mol. The maximum Gasteiger partial charge on any atom is 0.262 e. The lowest BCUT2D eigenvalue weighted by molar-refractivity contribution is -0.118. The minimum absolute atomic E-state index is 0.0902. The van der Waals surface area contributed by atoms with E-state index in [0.29, 0.717) is 17.0 Å². The third-order valence-corrected chi connectivity index (χ3v) is 3.20. The fourth-order valence-corrected chi connectivity index (χ4v) is 2.24. The van der Waals surface area contributed by atoms with Gasteiger partial charge in [0.25, 0.3) is 11.8 Å². The lowest BCUT2D eigenvalue weighted by atomic mass is 10.1. The molecule has 2 rings (SSSR count). The molecule has 0 fully saturated rings. The Kier molecular flexibility index (Phi) is 5.36. The zero-order valence-corrected chi connectivity index (χ0v) is 13.5. The summed E-state index contributed by atoms with van der Waals surface area (Å²) in [5.74, 6) is 0.183. The molecule has 2 aromatic rings. The average Bonchev–Trinajstić information content (AvgIpc) is 2.51. The van der Waals surface area contributed by atoms with Gasteiger partial charge in [0, 0.05) is 18.3 Å². The number of amides is 2. The summed E-state index contributed by atoms with van der Waals surface area (Å²) in [6, 6.07) is 12.5. The van der Waals surface area contributed by atoms with Crippen molar-refractivity contribution in [2.45, 2.75) is 13.8 Å². The smallest absolute Gasteiger partial charge is 0.262 e. The summed E-state index contributed by atoms with van der Waals surface area (Å²) in [6.07, 6.45) is 0. The lowest BCUT2D eigenvalue weighted by Gasteiger charge is -2.10. The number of benzene rings is 2. The zero-order chi connectivity index (χ0) is 16.8. The Bertz CT molecular complexity index is 706. The molecule has 0 aliphatic carbocycles. The molecule has 0 saturated heterocycles. The number of carbonyl (C=O) groups is 2. The van der Waals surface area contributed by atoms with E-state index in [1.807, 2.05) is 32.0 Å². The average molecular weight is 312 g/mol. The summed E-state index contributed by atoms with van der Waals surface area (Å²) in [4.78, 5) is 23.5. The Morgan fingerprint density at radius 1 is 1.04 bits per heavy atom. The summed E-state index contributed by atoms with van der Waals surface area (Å²) in [7, 11) is 1.56.